The van der Waals surface area contributed by atoms with Crippen molar-refractivity contribution >= 4 is 40.8 Å². The second-order valence-electron chi connectivity index (χ2n) is 9.13. The number of allylic oxidation sites excluding steroid dienone is 1. The first-order valence-corrected chi connectivity index (χ1v) is 14.2. The number of nitro benzene ring substituents is 1. The number of nitrogens with one attached hydrogen (secondary N) is 1. The van der Waals surface area contributed by atoms with Crippen LogP contribution in [0.2, 0.25) is 0 Å². The Balaban J connectivity index is 1.71. The van der Waals surface area contributed by atoms with Crippen LogP contribution in [0.15, 0.2) is 84.4 Å². The van der Waals surface area contributed by atoms with E-state index in [4.69, 9.17) is 4.74 Å². The van der Waals surface area contributed by atoms with Crippen LogP contribution in [0, 0.1) is 22.9 Å². The number of benzene rings is 2. The molecule has 5 rings (SSSR count). The van der Waals surface area contributed by atoms with Crippen LogP contribution in [0.4, 0.5) is 10.1 Å². The molecule has 0 aliphatic carbocycles. The largest absolute Gasteiger partial charge is 0.463 e. The van der Waals surface area contributed by atoms with Crippen LogP contribution in [0.3, 0.4) is 0 Å². The van der Waals surface area contributed by atoms with Gasteiger partial charge in [0.05, 0.1) is 33.4 Å². The third kappa shape index (κ3) is 5.71. The Kier molecular flexibility index (Phi) is 8.00. The fourth-order valence-electron chi connectivity index (χ4n) is 4.45. The van der Waals surface area contributed by atoms with E-state index in [0.29, 0.717) is 27.4 Å². The molecule has 0 unspecified atom stereocenters. The van der Waals surface area contributed by atoms with Crippen molar-refractivity contribution in [3.05, 3.63) is 123 Å². The maximum absolute atomic E-state index is 13.9. The van der Waals surface area contributed by atoms with Gasteiger partial charge in [-0.05, 0) is 56.2 Å². The number of hydrogen-bond acceptors (Lipinski definition) is 10. The number of nitrogens with zero attached hydrogens (tertiary/aromatic N) is 4. The number of aromatic nitrogens is 3. The number of H-pyrrole nitrogens is 1. The molecule has 42 heavy (non-hydrogen) atoms. The number of hydrogen-bond donors (Lipinski definition) is 1. The first-order valence-electron chi connectivity index (χ1n) is 12.5. The lowest BCUT2D eigenvalue weighted by molar-refractivity contribution is -0.384. The fraction of sp³-hybridized carbons (Fsp3) is 0.179. The summed E-state index contributed by atoms with van der Waals surface area (Å²) in [6.45, 7) is 5.06. The Hall–Kier alpha value is -4.69. The molecule has 4 aromatic rings. The highest BCUT2D eigenvalue weighted by molar-refractivity contribution is 7.99. The summed E-state index contributed by atoms with van der Waals surface area (Å²) >= 11 is 2.12. The van der Waals surface area contributed by atoms with Crippen LogP contribution in [0.5, 0.6) is 0 Å². The van der Waals surface area contributed by atoms with E-state index in [9.17, 15) is 28.9 Å². The summed E-state index contributed by atoms with van der Waals surface area (Å²) in [4.78, 5) is 62.1. The van der Waals surface area contributed by atoms with Gasteiger partial charge in [-0.25, -0.2) is 19.2 Å². The summed E-state index contributed by atoms with van der Waals surface area (Å²) < 4.78 is 20.6. The summed E-state index contributed by atoms with van der Waals surface area (Å²) in [7, 11) is 0. The van der Waals surface area contributed by atoms with E-state index in [1.54, 1.807) is 20.8 Å². The lowest BCUT2D eigenvalue weighted by Crippen LogP contribution is -2.39. The molecule has 0 radical (unpaired) electrons. The lowest BCUT2D eigenvalue weighted by atomic mass is 9.96. The van der Waals surface area contributed by atoms with Crippen molar-refractivity contribution < 1.29 is 18.8 Å². The predicted octanol–water partition coefficient (Wildman–Crippen LogP) is 3.39. The number of fused-ring (bicyclic) bond motifs is 1. The minimum Gasteiger partial charge on any atom is -0.463 e. The zero-order valence-electron chi connectivity index (χ0n) is 22.4. The molecule has 1 aliphatic heterocycles. The van der Waals surface area contributed by atoms with Gasteiger partial charge in [0.1, 0.15) is 5.82 Å². The van der Waals surface area contributed by atoms with Gasteiger partial charge in [0.2, 0.25) is 0 Å². The van der Waals surface area contributed by atoms with Crippen LogP contribution in [-0.2, 0) is 9.53 Å². The monoisotopic (exact) mass is 607 g/mol. The van der Waals surface area contributed by atoms with Gasteiger partial charge in [0.15, 0.2) is 9.96 Å². The average Bonchev–Trinajstić information content (AvgIpc) is 3.22. The van der Waals surface area contributed by atoms with Crippen LogP contribution in [0.1, 0.15) is 36.7 Å². The normalized spacial score (nSPS) is 14.9. The summed E-state index contributed by atoms with van der Waals surface area (Å²) in [5, 5.41) is 11.8. The van der Waals surface area contributed by atoms with Gasteiger partial charge in [-0.3, -0.25) is 24.3 Å². The topological polar surface area (TPSA) is 150 Å². The van der Waals surface area contributed by atoms with E-state index < -0.39 is 28.3 Å². The number of ether oxygens (including phenoxy) is 1. The van der Waals surface area contributed by atoms with E-state index in [0.717, 1.165) is 23.1 Å². The molecule has 1 N–H and O–H groups in total. The van der Waals surface area contributed by atoms with Crippen molar-refractivity contribution in [2.45, 2.75) is 36.9 Å². The second kappa shape index (κ2) is 11.7. The molecule has 1 aliphatic rings. The van der Waals surface area contributed by atoms with Gasteiger partial charge < -0.3 is 9.72 Å². The first kappa shape index (κ1) is 28.8. The summed E-state index contributed by atoms with van der Waals surface area (Å²) in [6, 6.07) is 9.99. The molecule has 0 bridgehead atoms. The number of nitro groups is 1. The molecule has 0 saturated carbocycles. The van der Waals surface area contributed by atoms with Crippen molar-refractivity contribution in [2.24, 2.45) is 4.99 Å². The molecule has 0 fully saturated rings. The molecule has 3 heterocycles. The Morgan fingerprint density at radius 3 is 2.62 bits per heavy atom. The van der Waals surface area contributed by atoms with Gasteiger partial charge in [-0.1, -0.05) is 35.2 Å². The standard InChI is InChI=1S/C28H22FN5O6S2/c1-4-40-26(37)23-15(3)31-28-33(24(23)16-5-7-18(29)8-6-16)25(36)21(42-28)13-17-12-19(34(38)39)9-10-20(17)41-27-30-14(2)11-22(35)32-27/h5-13,24H,4H2,1-3H3,(H,30,32,35)/b21-13+/t24-/m1/s1. The van der Waals surface area contributed by atoms with Gasteiger partial charge in [0, 0.05) is 28.8 Å². The maximum atomic E-state index is 13.9. The molecule has 0 spiro atoms. The second-order valence-corrected chi connectivity index (χ2v) is 11.2. The number of carbonyl (C=O) groups excluding carboxylic acids is 1. The van der Waals surface area contributed by atoms with Crippen LogP contribution >= 0.6 is 23.1 Å². The van der Waals surface area contributed by atoms with Gasteiger partial charge >= 0.3 is 5.97 Å². The average molecular weight is 608 g/mol. The molecule has 214 valence electrons. The molecular weight excluding hydrogens is 585 g/mol. The Bertz CT molecular complexity index is 2010. The van der Waals surface area contributed by atoms with E-state index >= 15 is 0 Å². The highest BCUT2D eigenvalue weighted by Crippen LogP contribution is 2.32. The molecule has 2 aromatic heterocycles. The van der Waals surface area contributed by atoms with Crippen molar-refractivity contribution in [2.75, 3.05) is 6.61 Å². The summed E-state index contributed by atoms with van der Waals surface area (Å²) in [5.41, 5.74) is 0.730. The molecule has 0 saturated heterocycles. The first-order chi connectivity index (χ1) is 20.0. The van der Waals surface area contributed by atoms with Crippen LogP contribution in [0.25, 0.3) is 6.08 Å². The Morgan fingerprint density at radius 1 is 1.21 bits per heavy atom. The number of esters is 1. The Labute approximate surface area is 244 Å². The smallest absolute Gasteiger partial charge is 0.338 e. The quantitative estimate of drug-likeness (QED) is 0.145. The van der Waals surface area contributed by atoms with Crippen LogP contribution in [-0.4, -0.2) is 32.0 Å². The maximum Gasteiger partial charge on any atom is 0.338 e. The highest BCUT2D eigenvalue weighted by Gasteiger charge is 2.33. The number of thiazole rings is 1. The zero-order valence-corrected chi connectivity index (χ0v) is 24.0. The number of non-ortho nitro benzene ring substituents is 1. The molecular formula is C28H22FN5O6S2. The molecule has 1 atom stereocenters. The molecule has 2 aromatic carbocycles. The number of rotatable bonds is 7. The van der Waals surface area contributed by atoms with Crippen molar-refractivity contribution in [3.63, 3.8) is 0 Å². The van der Waals surface area contributed by atoms with Gasteiger partial charge in [-0.2, -0.15) is 0 Å². The highest BCUT2D eigenvalue weighted by atomic mass is 32.2. The third-order valence-corrected chi connectivity index (χ3v) is 8.21. The zero-order chi connectivity index (χ0) is 30.1. The van der Waals surface area contributed by atoms with Gasteiger partial charge in [-0.15, -0.1) is 0 Å². The number of aryl methyl sites for hydroxylation is 1. The van der Waals surface area contributed by atoms with Crippen molar-refractivity contribution in [3.8, 4) is 0 Å². The summed E-state index contributed by atoms with van der Waals surface area (Å²) in [5.74, 6) is -1.14. The number of halogens is 1. The minimum atomic E-state index is -0.941. The van der Waals surface area contributed by atoms with Crippen LogP contribution < -0.4 is 20.5 Å². The molecule has 14 heteroatoms. The van der Waals surface area contributed by atoms with E-state index in [2.05, 4.69) is 15.0 Å². The Morgan fingerprint density at radius 2 is 1.95 bits per heavy atom. The third-order valence-electron chi connectivity index (χ3n) is 6.25. The number of carbonyl (C=O) groups is 1. The molecule has 0 amide bonds. The predicted molar refractivity (Wildman–Crippen MR) is 154 cm³/mol. The minimum absolute atomic E-state index is 0.102. The SMILES string of the molecule is CCOC(=O)C1=C(C)N=c2s/c(=C/c3cc([N+](=O)[O-])ccc3Sc3nc(C)cc(=O)[nH]3)c(=O)n2[C@@H]1c1ccc(F)cc1. The van der Waals surface area contributed by atoms with E-state index in [-0.39, 0.29) is 37.9 Å². The number of aromatic amines is 1. The lowest BCUT2D eigenvalue weighted by Gasteiger charge is -2.24. The molecule has 11 nitrogen and oxygen atoms in total. The summed E-state index contributed by atoms with van der Waals surface area (Å²) in [6.07, 6.45) is 1.50. The van der Waals surface area contributed by atoms with E-state index in [1.807, 2.05) is 0 Å². The fourth-order valence-corrected chi connectivity index (χ4v) is 6.41. The van der Waals surface area contributed by atoms with Crippen molar-refractivity contribution in [1.82, 2.24) is 14.5 Å². The van der Waals surface area contributed by atoms with Gasteiger partial charge in [0.25, 0.3) is 16.8 Å². The van der Waals surface area contributed by atoms with Crippen molar-refractivity contribution in [1.29, 1.82) is 0 Å². The van der Waals surface area contributed by atoms with E-state index in [1.165, 1.54) is 59.2 Å².